The van der Waals surface area contributed by atoms with E-state index in [2.05, 4.69) is 37.7 Å². The highest BCUT2D eigenvalue weighted by Crippen LogP contribution is 2.27. The van der Waals surface area contributed by atoms with Gasteiger partial charge in [-0.1, -0.05) is 6.08 Å². The molecule has 6 nitrogen and oxygen atoms in total. The Morgan fingerprint density at radius 1 is 1.36 bits per heavy atom. The number of thiophene rings is 1. The predicted molar refractivity (Wildman–Crippen MR) is 89.3 cm³/mol. The second-order valence-corrected chi connectivity index (χ2v) is 6.09. The first-order valence-corrected chi connectivity index (χ1v) is 8.19. The zero-order chi connectivity index (χ0) is 15.4. The van der Waals surface area contributed by atoms with Gasteiger partial charge in [0.05, 0.1) is 11.9 Å². The first-order valence-electron chi connectivity index (χ1n) is 7.31. The summed E-state index contributed by atoms with van der Waals surface area (Å²) in [5, 5.41) is 5.97. The van der Waals surface area contributed by atoms with Crippen LogP contribution < -0.4 is 10.2 Å². The Morgan fingerprint density at radius 2 is 2.18 bits per heavy atom. The van der Waals surface area contributed by atoms with E-state index in [-0.39, 0.29) is 5.91 Å². The van der Waals surface area contributed by atoms with Crippen molar-refractivity contribution in [3.63, 3.8) is 0 Å². The molecule has 0 bridgehead atoms. The number of nitrogens with zero attached hydrogens (tertiary/aromatic N) is 4. The van der Waals surface area contributed by atoms with Crippen molar-refractivity contribution in [3.8, 4) is 0 Å². The highest BCUT2D eigenvalue weighted by molar-refractivity contribution is 7.16. The maximum Gasteiger partial charge on any atom is 0.234 e. The molecule has 1 amide bonds. The molecule has 2 aromatic rings. The number of nitrogens with one attached hydrogen (secondary N) is 1. The Hall–Kier alpha value is -1.99. The molecule has 0 radical (unpaired) electrons. The predicted octanol–water partition coefficient (Wildman–Crippen LogP) is 1.12. The largest absolute Gasteiger partial charge is 0.353 e. The summed E-state index contributed by atoms with van der Waals surface area (Å²) in [4.78, 5) is 25.9. The number of piperazine rings is 1. The monoisotopic (exact) mass is 317 g/mol. The molecule has 1 saturated heterocycles. The molecule has 0 aliphatic carbocycles. The van der Waals surface area contributed by atoms with Crippen molar-refractivity contribution < 1.29 is 4.79 Å². The van der Waals surface area contributed by atoms with Crippen molar-refractivity contribution in [2.24, 2.45) is 0 Å². The van der Waals surface area contributed by atoms with Crippen molar-refractivity contribution >= 4 is 33.3 Å². The maximum absolute atomic E-state index is 11.7. The van der Waals surface area contributed by atoms with Gasteiger partial charge in [0, 0.05) is 32.7 Å². The lowest BCUT2D eigenvalue weighted by Gasteiger charge is -2.35. The quantitative estimate of drug-likeness (QED) is 0.837. The summed E-state index contributed by atoms with van der Waals surface area (Å²) in [7, 11) is 0. The smallest absolute Gasteiger partial charge is 0.234 e. The van der Waals surface area contributed by atoms with Crippen LogP contribution in [0.3, 0.4) is 0 Å². The van der Waals surface area contributed by atoms with E-state index in [4.69, 9.17) is 0 Å². The molecule has 1 aliphatic heterocycles. The van der Waals surface area contributed by atoms with Crippen LogP contribution in [-0.4, -0.2) is 60.0 Å². The van der Waals surface area contributed by atoms with E-state index in [1.807, 2.05) is 5.38 Å². The molecule has 0 spiro atoms. The second kappa shape index (κ2) is 6.85. The summed E-state index contributed by atoms with van der Waals surface area (Å²) in [5.74, 6) is 1.05. The molecule has 3 rings (SSSR count). The Bertz CT molecular complexity index is 663. The van der Waals surface area contributed by atoms with Gasteiger partial charge < -0.3 is 10.2 Å². The van der Waals surface area contributed by atoms with E-state index >= 15 is 0 Å². The van der Waals surface area contributed by atoms with E-state index in [9.17, 15) is 4.79 Å². The summed E-state index contributed by atoms with van der Waals surface area (Å²) >= 11 is 1.63. The number of carbonyl (C=O) groups is 1. The van der Waals surface area contributed by atoms with Gasteiger partial charge >= 0.3 is 0 Å². The summed E-state index contributed by atoms with van der Waals surface area (Å²) in [6, 6.07) is 2.07. The van der Waals surface area contributed by atoms with Gasteiger partial charge in [0.1, 0.15) is 17.0 Å². The highest BCUT2D eigenvalue weighted by Gasteiger charge is 2.21. The number of fused-ring (bicyclic) bond motifs is 1. The van der Waals surface area contributed by atoms with Crippen LogP contribution in [0.15, 0.2) is 30.4 Å². The fraction of sp³-hybridized carbons (Fsp3) is 0.400. The van der Waals surface area contributed by atoms with Gasteiger partial charge in [-0.05, 0) is 11.4 Å². The molecule has 0 saturated carbocycles. The zero-order valence-corrected chi connectivity index (χ0v) is 13.2. The van der Waals surface area contributed by atoms with Gasteiger partial charge in [0.25, 0.3) is 0 Å². The van der Waals surface area contributed by atoms with Gasteiger partial charge in [-0.25, -0.2) is 9.97 Å². The van der Waals surface area contributed by atoms with Crippen molar-refractivity contribution in [1.29, 1.82) is 0 Å². The first kappa shape index (κ1) is 14.9. The summed E-state index contributed by atoms with van der Waals surface area (Å²) in [5.41, 5.74) is 0. The number of hydrogen-bond acceptors (Lipinski definition) is 6. The van der Waals surface area contributed by atoms with Gasteiger partial charge in [-0.3, -0.25) is 9.69 Å². The molecule has 0 aromatic carbocycles. The molecule has 116 valence electrons. The number of carbonyl (C=O) groups excluding carboxylic acids is 1. The lowest BCUT2D eigenvalue weighted by atomic mass is 10.2. The third kappa shape index (κ3) is 3.26. The van der Waals surface area contributed by atoms with Gasteiger partial charge in [-0.15, -0.1) is 17.9 Å². The fourth-order valence-corrected chi connectivity index (χ4v) is 3.32. The van der Waals surface area contributed by atoms with E-state index in [1.165, 1.54) is 0 Å². The molecule has 3 heterocycles. The lowest BCUT2D eigenvalue weighted by Crippen LogP contribution is -2.49. The van der Waals surface area contributed by atoms with E-state index in [1.54, 1.807) is 23.7 Å². The van der Waals surface area contributed by atoms with Crippen LogP contribution in [-0.2, 0) is 4.79 Å². The van der Waals surface area contributed by atoms with Crippen molar-refractivity contribution in [3.05, 3.63) is 30.4 Å². The minimum absolute atomic E-state index is 0.0515. The van der Waals surface area contributed by atoms with Crippen LogP contribution in [0.25, 0.3) is 10.2 Å². The highest BCUT2D eigenvalue weighted by atomic mass is 32.1. The average Bonchev–Trinajstić information content (AvgIpc) is 3.02. The van der Waals surface area contributed by atoms with Crippen molar-refractivity contribution in [2.75, 3.05) is 44.2 Å². The molecule has 2 aromatic heterocycles. The standard InChI is InChI=1S/C15H19N5OS/c1-2-4-16-13(21)10-19-5-7-20(8-6-19)14-12-3-9-22-15(12)18-11-17-14/h2-3,9,11H,1,4-8,10H2,(H,16,21). The Balaban J connectivity index is 1.59. The minimum atomic E-state index is 0.0515. The summed E-state index contributed by atoms with van der Waals surface area (Å²) in [6.45, 7) is 8.02. The van der Waals surface area contributed by atoms with Crippen LogP contribution in [0, 0.1) is 0 Å². The topological polar surface area (TPSA) is 61.4 Å². The van der Waals surface area contributed by atoms with Gasteiger partial charge in [0.2, 0.25) is 5.91 Å². The van der Waals surface area contributed by atoms with Crippen LogP contribution in [0.4, 0.5) is 5.82 Å². The fourth-order valence-electron chi connectivity index (χ4n) is 2.59. The van der Waals surface area contributed by atoms with Crippen LogP contribution in [0.5, 0.6) is 0 Å². The molecule has 1 fully saturated rings. The Morgan fingerprint density at radius 3 is 2.95 bits per heavy atom. The number of aromatic nitrogens is 2. The van der Waals surface area contributed by atoms with Gasteiger partial charge in [0.15, 0.2) is 0 Å². The van der Waals surface area contributed by atoms with E-state index in [0.717, 1.165) is 42.2 Å². The van der Waals surface area contributed by atoms with Gasteiger partial charge in [-0.2, -0.15) is 0 Å². The number of amides is 1. The second-order valence-electron chi connectivity index (χ2n) is 5.19. The summed E-state index contributed by atoms with van der Waals surface area (Å²) in [6.07, 6.45) is 3.32. The lowest BCUT2D eigenvalue weighted by molar-refractivity contribution is -0.122. The van der Waals surface area contributed by atoms with E-state index < -0.39 is 0 Å². The van der Waals surface area contributed by atoms with Crippen LogP contribution in [0.1, 0.15) is 0 Å². The maximum atomic E-state index is 11.7. The Kier molecular flexibility index (Phi) is 4.65. The zero-order valence-electron chi connectivity index (χ0n) is 12.4. The molecular weight excluding hydrogens is 298 g/mol. The van der Waals surface area contributed by atoms with E-state index in [0.29, 0.717) is 13.1 Å². The third-order valence-corrected chi connectivity index (χ3v) is 4.54. The molecule has 22 heavy (non-hydrogen) atoms. The molecule has 0 unspecified atom stereocenters. The molecule has 7 heteroatoms. The molecular formula is C15H19N5OS. The SMILES string of the molecule is C=CCNC(=O)CN1CCN(c2ncnc3sccc23)CC1. The Labute approximate surface area is 133 Å². The normalized spacial score (nSPS) is 15.9. The first-order chi connectivity index (χ1) is 10.8. The average molecular weight is 317 g/mol. The minimum Gasteiger partial charge on any atom is -0.353 e. The number of anilines is 1. The number of rotatable bonds is 5. The van der Waals surface area contributed by atoms with Crippen LogP contribution >= 0.6 is 11.3 Å². The molecule has 0 atom stereocenters. The molecule has 1 aliphatic rings. The summed E-state index contributed by atoms with van der Waals surface area (Å²) < 4.78 is 0. The third-order valence-electron chi connectivity index (χ3n) is 3.72. The van der Waals surface area contributed by atoms with Crippen LogP contribution in [0.2, 0.25) is 0 Å². The van der Waals surface area contributed by atoms with Crippen molar-refractivity contribution in [2.45, 2.75) is 0 Å². The van der Waals surface area contributed by atoms with Crippen molar-refractivity contribution in [1.82, 2.24) is 20.2 Å². The number of hydrogen-bond donors (Lipinski definition) is 1. The molecule has 1 N–H and O–H groups in total.